The van der Waals surface area contributed by atoms with E-state index >= 15 is 0 Å². The summed E-state index contributed by atoms with van der Waals surface area (Å²) in [4.78, 5) is 5.64. The van der Waals surface area contributed by atoms with Crippen LogP contribution in [0.3, 0.4) is 0 Å². The maximum atomic E-state index is 5.16. The molecule has 0 saturated heterocycles. The highest BCUT2D eigenvalue weighted by molar-refractivity contribution is 14.1. The van der Waals surface area contributed by atoms with Gasteiger partial charge in [0.15, 0.2) is 5.96 Å². The molecule has 0 unspecified atom stereocenters. The normalized spacial score (nSPS) is 10.8. The number of nitrogens with zero attached hydrogens (tertiary/aromatic N) is 1. The quantitative estimate of drug-likeness (QED) is 0.322. The summed E-state index contributed by atoms with van der Waals surface area (Å²) in [5.74, 6) is 1.69. The Kier molecular flexibility index (Phi) is 9.88. The average Bonchev–Trinajstić information content (AvgIpc) is 2.96. The van der Waals surface area contributed by atoms with Gasteiger partial charge < -0.3 is 15.4 Å². The summed E-state index contributed by atoms with van der Waals surface area (Å²) >= 11 is 4.19. The van der Waals surface area contributed by atoms with Crippen molar-refractivity contribution in [1.82, 2.24) is 10.6 Å². The molecule has 0 aliphatic heterocycles. The highest BCUT2D eigenvalue weighted by atomic mass is 127. The molecule has 0 aliphatic carbocycles. The van der Waals surface area contributed by atoms with Crippen LogP contribution in [0.2, 0.25) is 0 Å². The predicted octanol–water partition coefficient (Wildman–Crippen LogP) is 3.89. The Morgan fingerprint density at radius 2 is 1.91 bits per heavy atom. The van der Waals surface area contributed by atoms with E-state index < -0.39 is 0 Å². The average molecular weight is 557 g/mol. The summed E-state index contributed by atoms with van der Waals surface area (Å²) in [6, 6.07) is 12.4. The number of rotatable bonds is 6. The lowest BCUT2D eigenvalue weighted by atomic mass is 10.2. The van der Waals surface area contributed by atoms with Crippen molar-refractivity contribution in [3.05, 3.63) is 49.7 Å². The fourth-order valence-electron chi connectivity index (χ4n) is 1.94. The summed E-state index contributed by atoms with van der Waals surface area (Å²) < 4.78 is 6.49. The molecular weight excluding hydrogens is 536 g/mol. The number of nitrogens with one attached hydrogen (secondary N) is 2. The molecule has 1 aromatic carbocycles. The number of benzene rings is 1. The van der Waals surface area contributed by atoms with Gasteiger partial charge in [-0.3, -0.25) is 4.99 Å². The van der Waals surface area contributed by atoms with Crippen molar-refractivity contribution < 1.29 is 4.74 Å². The summed E-state index contributed by atoms with van der Waals surface area (Å²) in [7, 11) is 3.46. The molecule has 2 N–H and O–H groups in total. The van der Waals surface area contributed by atoms with Crippen molar-refractivity contribution in [2.45, 2.75) is 13.0 Å². The van der Waals surface area contributed by atoms with Crippen molar-refractivity contribution in [2.75, 3.05) is 20.7 Å². The number of aliphatic imine (C=N–C) groups is 1. The molecule has 0 radical (unpaired) electrons. The lowest BCUT2D eigenvalue weighted by Crippen LogP contribution is -2.37. The van der Waals surface area contributed by atoms with Crippen molar-refractivity contribution in [3.63, 3.8) is 0 Å². The summed E-state index contributed by atoms with van der Waals surface area (Å²) in [6.45, 7) is 1.61. The first kappa shape index (κ1) is 20.5. The van der Waals surface area contributed by atoms with Crippen molar-refractivity contribution in [3.8, 4) is 5.75 Å². The summed E-state index contributed by atoms with van der Waals surface area (Å²) in [5.41, 5.74) is 1.19. The van der Waals surface area contributed by atoms with Crippen LogP contribution < -0.4 is 15.4 Å². The number of hydrogen-bond acceptors (Lipinski definition) is 3. The van der Waals surface area contributed by atoms with Gasteiger partial charge in [0.1, 0.15) is 5.75 Å². The highest BCUT2D eigenvalue weighted by Gasteiger charge is 2.01. The Bertz CT molecular complexity index is 614. The fraction of sp³-hybridized carbons (Fsp3) is 0.312. The molecule has 2 aromatic rings. The van der Waals surface area contributed by atoms with Gasteiger partial charge in [-0.15, -0.1) is 35.3 Å². The number of methoxy groups -OCH3 is 1. The Hall–Kier alpha value is -0.550. The zero-order valence-corrected chi connectivity index (χ0v) is 18.4. The van der Waals surface area contributed by atoms with E-state index in [4.69, 9.17) is 4.74 Å². The Morgan fingerprint density at radius 3 is 2.48 bits per heavy atom. The zero-order valence-electron chi connectivity index (χ0n) is 13.1. The SMILES string of the molecule is CN=C(NCCc1ccc(I)s1)NCc1ccc(OC)cc1.I. The van der Waals surface area contributed by atoms with E-state index in [-0.39, 0.29) is 24.0 Å². The predicted molar refractivity (Wildman–Crippen MR) is 117 cm³/mol. The number of halogens is 2. The van der Waals surface area contributed by atoms with Crippen LogP contribution in [0.1, 0.15) is 10.4 Å². The Morgan fingerprint density at radius 1 is 1.17 bits per heavy atom. The molecule has 0 spiro atoms. The first-order valence-electron chi connectivity index (χ1n) is 7.03. The van der Waals surface area contributed by atoms with Crippen molar-refractivity contribution >= 4 is 63.9 Å². The van der Waals surface area contributed by atoms with Crippen LogP contribution in [0.5, 0.6) is 5.75 Å². The first-order valence-corrected chi connectivity index (χ1v) is 8.92. The van der Waals surface area contributed by atoms with Gasteiger partial charge >= 0.3 is 0 Å². The summed E-state index contributed by atoms with van der Waals surface area (Å²) in [6.07, 6.45) is 1.01. The van der Waals surface area contributed by atoms with E-state index in [1.807, 2.05) is 35.6 Å². The molecule has 0 atom stereocenters. The smallest absolute Gasteiger partial charge is 0.191 e. The van der Waals surface area contributed by atoms with Crippen LogP contribution in [0.15, 0.2) is 41.4 Å². The van der Waals surface area contributed by atoms with Gasteiger partial charge in [0.05, 0.1) is 9.99 Å². The van der Waals surface area contributed by atoms with Gasteiger partial charge in [-0.25, -0.2) is 0 Å². The molecule has 0 aliphatic rings. The lowest BCUT2D eigenvalue weighted by Gasteiger charge is -2.11. The molecule has 0 fully saturated rings. The van der Waals surface area contributed by atoms with E-state index in [1.165, 1.54) is 13.3 Å². The second kappa shape index (κ2) is 11.1. The third-order valence-corrected chi connectivity index (χ3v) is 5.09. The minimum Gasteiger partial charge on any atom is -0.497 e. The van der Waals surface area contributed by atoms with Crippen LogP contribution in [0.25, 0.3) is 0 Å². The minimum absolute atomic E-state index is 0. The number of hydrogen-bond donors (Lipinski definition) is 2. The lowest BCUT2D eigenvalue weighted by molar-refractivity contribution is 0.414. The molecule has 1 aromatic heterocycles. The molecule has 7 heteroatoms. The van der Waals surface area contributed by atoms with Crippen LogP contribution in [0, 0.1) is 2.88 Å². The van der Waals surface area contributed by atoms with E-state index in [0.29, 0.717) is 0 Å². The second-order valence-corrected chi connectivity index (χ2v) is 7.72. The van der Waals surface area contributed by atoms with Crippen LogP contribution in [-0.4, -0.2) is 26.7 Å². The molecule has 4 nitrogen and oxygen atoms in total. The molecule has 1 heterocycles. The molecule has 23 heavy (non-hydrogen) atoms. The molecule has 0 bridgehead atoms. The monoisotopic (exact) mass is 557 g/mol. The second-order valence-electron chi connectivity index (χ2n) is 4.66. The molecule has 2 rings (SSSR count). The van der Waals surface area contributed by atoms with E-state index in [1.54, 1.807) is 14.2 Å². The third kappa shape index (κ3) is 7.25. The summed E-state index contributed by atoms with van der Waals surface area (Å²) in [5, 5.41) is 6.65. The van der Waals surface area contributed by atoms with Gasteiger partial charge in [0, 0.05) is 25.0 Å². The topological polar surface area (TPSA) is 45.7 Å². The largest absolute Gasteiger partial charge is 0.497 e. The Balaban J connectivity index is 0.00000264. The number of guanidine groups is 1. The van der Waals surface area contributed by atoms with E-state index in [2.05, 4.69) is 50.3 Å². The first-order chi connectivity index (χ1) is 10.7. The van der Waals surface area contributed by atoms with Crippen molar-refractivity contribution in [2.24, 2.45) is 4.99 Å². The maximum Gasteiger partial charge on any atom is 0.191 e. The van der Waals surface area contributed by atoms with E-state index in [0.717, 1.165) is 31.2 Å². The standard InChI is InChI=1S/C16H20IN3OS.HI/c1-18-16(19-10-9-14-7-8-15(17)22-14)20-11-12-3-5-13(21-2)6-4-12;/h3-8H,9-11H2,1-2H3,(H2,18,19,20);1H. The number of thiophene rings is 1. The molecular formula is C16H21I2N3OS. The highest BCUT2D eigenvalue weighted by Crippen LogP contribution is 2.18. The van der Waals surface area contributed by atoms with E-state index in [9.17, 15) is 0 Å². The van der Waals surface area contributed by atoms with Crippen LogP contribution >= 0.6 is 57.9 Å². The van der Waals surface area contributed by atoms with Crippen molar-refractivity contribution in [1.29, 1.82) is 0 Å². The van der Waals surface area contributed by atoms with Gasteiger partial charge in [-0.05, 0) is 58.8 Å². The fourth-order valence-corrected chi connectivity index (χ4v) is 3.70. The van der Waals surface area contributed by atoms with Crippen LogP contribution in [0.4, 0.5) is 0 Å². The van der Waals surface area contributed by atoms with Gasteiger partial charge in [-0.2, -0.15) is 0 Å². The minimum atomic E-state index is 0. The van der Waals surface area contributed by atoms with Gasteiger partial charge in [-0.1, -0.05) is 12.1 Å². The molecule has 0 saturated carbocycles. The van der Waals surface area contributed by atoms with Crippen LogP contribution in [-0.2, 0) is 13.0 Å². The third-order valence-electron chi connectivity index (χ3n) is 3.14. The number of ether oxygens (including phenoxy) is 1. The molecule has 126 valence electrons. The van der Waals surface area contributed by atoms with Gasteiger partial charge in [0.2, 0.25) is 0 Å². The Labute approximate surface area is 172 Å². The molecule has 0 amide bonds. The van der Waals surface area contributed by atoms with Gasteiger partial charge in [0.25, 0.3) is 0 Å². The maximum absolute atomic E-state index is 5.16. The zero-order chi connectivity index (χ0) is 15.8.